The summed E-state index contributed by atoms with van der Waals surface area (Å²) in [5.74, 6) is 0.662. The van der Waals surface area contributed by atoms with Gasteiger partial charge in [0.05, 0.1) is 13.2 Å². The lowest BCUT2D eigenvalue weighted by Crippen LogP contribution is -2.30. The van der Waals surface area contributed by atoms with E-state index in [4.69, 9.17) is 4.74 Å². The summed E-state index contributed by atoms with van der Waals surface area (Å²) in [5, 5.41) is 22.8. The molecule has 2 aromatic carbocycles. The van der Waals surface area contributed by atoms with Crippen molar-refractivity contribution in [2.24, 2.45) is 0 Å². The van der Waals surface area contributed by atoms with Crippen LogP contribution in [0.15, 0.2) is 36.4 Å². The molecule has 1 aliphatic rings. The van der Waals surface area contributed by atoms with Crippen LogP contribution in [0.2, 0.25) is 0 Å². The first-order chi connectivity index (χ1) is 9.69. The van der Waals surface area contributed by atoms with E-state index in [1.165, 1.54) is 0 Å². The lowest BCUT2D eigenvalue weighted by Gasteiger charge is -2.28. The number of hydrogen-bond acceptors (Lipinski definition) is 4. The molecule has 104 valence electrons. The largest absolute Gasteiger partial charge is 0.504 e. The van der Waals surface area contributed by atoms with Gasteiger partial charge in [0.1, 0.15) is 5.75 Å². The molecule has 0 amide bonds. The molecule has 0 aliphatic carbocycles. The van der Waals surface area contributed by atoms with Crippen LogP contribution in [0.5, 0.6) is 17.2 Å². The van der Waals surface area contributed by atoms with Gasteiger partial charge in [0, 0.05) is 6.54 Å². The predicted octanol–water partition coefficient (Wildman–Crippen LogP) is 2.34. The fraction of sp³-hybridized carbons (Fsp3) is 0.250. The summed E-state index contributed by atoms with van der Waals surface area (Å²) in [6.45, 7) is 0.832. The normalized spacial score (nSPS) is 17.6. The van der Waals surface area contributed by atoms with E-state index in [1.807, 2.05) is 24.3 Å². The van der Waals surface area contributed by atoms with Crippen LogP contribution in [0.3, 0.4) is 0 Å². The van der Waals surface area contributed by atoms with E-state index in [1.54, 1.807) is 19.2 Å². The second kappa shape index (κ2) is 5.06. The van der Waals surface area contributed by atoms with Gasteiger partial charge in [-0.05, 0) is 47.4 Å². The lowest BCUT2D eigenvalue weighted by atomic mass is 9.89. The van der Waals surface area contributed by atoms with Crippen molar-refractivity contribution in [1.82, 2.24) is 5.32 Å². The summed E-state index contributed by atoms with van der Waals surface area (Å²) >= 11 is 0. The molecule has 0 unspecified atom stereocenters. The highest BCUT2D eigenvalue weighted by Gasteiger charge is 2.23. The first kappa shape index (κ1) is 12.8. The van der Waals surface area contributed by atoms with Gasteiger partial charge in [0.15, 0.2) is 11.5 Å². The second-order valence-corrected chi connectivity index (χ2v) is 4.95. The van der Waals surface area contributed by atoms with Crippen LogP contribution in [-0.2, 0) is 6.42 Å². The van der Waals surface area contributed by atoms with Crippen LogP contribution in [0.4, 0.5) is 0 Å². The number of aromatic hydroxyl groups is 2. The molecule has 3 N–H and O–H groups in total. The summed E-state index contributed by atoms with van der Waals surface area (Å²) < 4.78 is 5.26. The topological polar surface area (TPSA) is 61.7 Å². The summed E-state index contributed by atoms with van der Waals surface area (Å²) in [4.78, 5) is 0. The number of benzene rings is 2. The minimum absolute atomic E-state index is 0.000324. The zero-order chi connectivity index (χ0) is 14.1. The van der Waals surface area contributed by atoms with Crippen LogP contribution >= 0.6 is 0 Å². The molecule has 20 heavy (non-hydrogen) atoms. The molecule has 1 atom stereocenters. The molecule has 0 aromatic heterocycles. The zero-order valence-corrected chi connectivity index (χ0v) is 11.3. The number of hydrogen-bond donors (Lipinski definition) is 3. The third-order valence-electron chi connectivity index (χ3n) is 3.72. The number of ether oxygens (including phenoxy) is 1. The van der Waals surface area contributed by atoms with Crippen LogP contribution in [0, 0.1) is 0 Å². The Morgan fingerprint density at radius 2 is 1.95 bits per heavy atom. The van der Waals surface area contributed by atoms with E-state index in [-0.39, 0.29) is 17.5 Å². The number of phenols is 2. The Kier molecular flexibility index (Phi) is 3.24. The lowest BCUT2D eigenvalue weighted by molar-refractivity contribution is 0.400. The third-order valence-corrected chi connectivity index (χ3v) is 3.72. The molecule has 4 heteroatoms. The SMILES string of the molecule is COc1cccc([C@@H]2NCCc3cc(O)c(O)cc32)c1. The van der Waals surface area contributed by atoms with Gasteiger partial charge in [-0.15, -0.1) is 0 Å². The number of fused-ring (bicyclic) bond motifs is 1. The quantitative estimate of drug-likeness (QED) is 0.734. The van der Waals surface area contributed by atoms with E-state index in [0.717, 1.165) is 35.4 Å². The van der Waals surface area contributed by atoms with Crippen molar-refractivity contribution >= 4 is 0 Å². The molecule has 2 aromatic rings. The first-order valence-corrected chi connectivity index (χ1v) is 6.61. The predicted molar refractivity (Wildman–Crippen MR) is 76.3 cm³/mol. The van der Waals surface area contributed by atoms with E-state index in [2.05, 4.69) is 5.32 Å². The van der Waals surface area contributed by atoms with Gasteiger partial charge in [-0.2, -0.15) is 0 Å². The molecular formula is C16H17NO3. The summed E-state index contributed by atoms with van der Waals surface area (Å²) in [6.07, 6.45) is 0.837. The van der Waals surface area contributed by atoms with E-state index in [9.17, 15) is 10.2 Å². The molecule has 0 saturated carbocycles. The summed E-state index contributed by atoms with van der Waals surface area (Å²) in [5.41, 5.74) is 3.14. The number of nitrogens with one attached hydrogen (secondary N) is 1. The van der Waals surface area contributed by atoms with Crippen LogP contribution < -0.4 is 10.1 Å². The molecule has 0 radical (unpaired) electrons. The second-order valence-electron chi connectivity index (χ2n) is 4.95. The fourth-order valence-corrected chi connectivity index (χ4v) is 2.70. The minimum Gasteiger partial charge on any atom is -0.504 e. The fourth-order valence-electron chi connectivity index (χ4n) is 2.70. The number of rotatable bonds is 2. The average Bonchev–Trinajstić information content (AvgIpc) is 2.48. The Hall–Kier alpha value is -2.20. The zero-order valence-electron chi connectivity index (χ0n) is 11.3. The highest BCUT2D eigenvalue weighted by atomic mass is 16.5. The van der Waals surface area contributed by atoms with Crippen molar-refractivity contribution in [2.45, 2.75) is 12.5 Å². The summed E-state index contributed by atoms with van der Waals surface area (Å²) in [7, 11) is 1.64. The third kappa shape index (κ3) is 2.18. The monoisotopic (exact) mass is 271 g/mol. The van der Waals surface area contributed by atoms with Crippen molar-refractivity contribution < 1.29 is 14.9 Å². The number of methoxy groups -OCH3 is 1. The highest BCUT2D eigenvalue weighted by Crippen LogP contribution is 2.36. The van der Waals surface area contributed by atoms with Crippen LogP contribution in [0.1, 0.15) is 22.7 Å². The Balaban J connectivity index is 2.06. The minimum atomic E-state index is -0.0830. The van der Waals surface area contributed by atoms with Crippen LogP contribution in [-0.4, -0.2) is 23.9 Å². The van der Waals surface area contributed by atoms with E-state index in [0.29, 0.717) is 0 Å². The van der Waals surface area contributed by atoms with Crippen molar-refractivity contribution in [1.29, 1.82) is 0 Å². The Bertz CT molecular complexity index is 640. The molecule has 0 fully saturated rings. The van der Waals surface area contributed by atoms with Crippen molar-refractivity contribution in [2.75, 3.05) is 13.7 Å². The van der Waals surface area contributed by atoms with Gasteiger partial charge in [-0.25, -0.2) is 0 Å². The molecule has 1 heterocycles. The van der Waals surface area contributed by atoms with Gasteiger partial charge in [-0.1, -0.05) is 12.1 Å². The van der Waals surface area contributed by atoms with Gasteiger partial charge >= 0.3 is 0 Å². The molecule has 0 bridgehead atoms. The molecule has 3 rings (SSSR count). The smallest absolute Gasteiger partial charge is 0.157 e. The van der Waals surface area contributed by atoms with Crippen LogP contribution in [0.25, 0.3) is 0 Å². The van der Waals surface area contributed by atoms with E-state index >= 15 is 0 Å². The van der Waals surface area contributed by atoms with Gasteiger partial charge < -0.3 is 20.3 Å². The Labute approximate surface area is 117 Å². The maximum absolute atomic E-state index is 9.74. The maximum atomic E-state index is 9.74. The Morgan fingerprint density at radius 3 is 2.75 bits per heavy atom. The maximum Gasteiger partial charge on any atom is 0.157 e. The van der Waals surface area contributed by atoms with Crippen molar-refractivity contribution in [3.05, 3.63) is 53.1 Å². The molecule has 1 aliphatic heterocycles. The average molecular weight is 271 g/mol. The number of phenolic OH excluding ortho intramolecular Hbond substituents is 2. The van der Waals surface area contributed by atoms with E-state index < -0.39 is 0 Å². The Morgan fingerprint density at radius 1 is 1.15 bits per heavy atom. The molecule has 4 nitrogen and oxygen atoms in total. The van der Waals surface area contributed by atoms with Gasteiger partial charge in [0.2, 0.25) is 0 Å². The van der Waals surface area contributed by atoms with Crippen molar-refractivity contribution in [3.8, 4) is 17.2 Å². The van der Waals surface area contributed by atoms with Gasteiger partial charge in [0.25, 0.3) is 0 Å². The first-order valence-electron chi connectivity index (χ1n) is 6.61. The van der Waals surface area contributed by atoms with Crippen molar-refractivity contribution in [3.63, 3.8) is 0 Å². The van der Waals surface area contributed by atoms with Gasteiger partial charge in [-0.3, -0.25) is 0 Å². The molecule has 0 spiro atoms. The molecular weight excluding hydrogens is 254 g/mol. The highest BCUT2D eigenvalue weighted by molar-refractivity contribution is 5.50. The standard InChI is InChI=1S/C16H17NO3/c1-20-12-4-2-3-11(7-12)16-13-9-15(19)14(18)8-10(13)5-6-17-16/h2-4,7-9,16-19H,5-6H2,1H3/t16-/m0/s1. The summed E-state index contributed by atoms with van der Waals surface area (Å²) in [6, 6.07) is 11.2. The molecule has 0 saturated heterocycles.